The second-order valence-corrected chi connectivity index (χ2v) is 5.46. The van der Waals surface area contributed by atoms with Crippen molar-refractivity contribution in [1.29, 1.82) is 5.41 Å². The summed E-state index contributed by atoms with van der Waals surface area (Å²) in [5.41, 5.74) is 14.6. The Morgan fingerprint density at radius 3 is 2.52 bits per heavy atom. The summed E-state index contributed by atoms with van der Waals surface area (Å²) >= 11 is 0. The molecule has 0 aliphatic heterocycles. The second kappa shape index (κ2) is 7.56. The molecule has 2 rings (SSSR count). The van der Waals surface area contributed by atoms with Gasteiger partial charge in [0.05, 0.1) is 5.92 Å². The number of hydrogen-bond acceptors (Lipinski definition) is 4. The second-order valence-electron chi connectivity index (χ2n) is 5.46. The van der Waals surface area contributed by atoms with Crippen LogP contribution >= 0.6 is 0 Å². The molecule has 0 spiro atoms. The molecule has 1 amide bonds. The van der Waals surface area contributed by atoms with Crippen LogP contribution in [0.5, 0.6) is 0 Å². The van der Waals surface area contributed by atoms with Gasteiger partial charge in [-0.15, -0.1) is 0 Å². The number of rotatable bonds is 6. The van der Waals surface area contributed by atoms with Crippen LogP contribution in [0.2, 0.25) is 0 Å². The molecule has 2 aromatic rings. The van der Waals surface area contributed by atoms with E-state index in [9.17, 15) is 4.79 Å². The van der Waals surface area contributed by atoms with Gasteiger partial charge in [0.2, 0.25) is 5.91 Å². The molecule has 0 bridgehead atoms. The molecule has 23 heavy (non-hydrogen) atoms. The lowest BCUT2D eigenvalue weighted by Gasteiger charge is -2.17. The monoisotopic (exact) mass is 310 g/mol. The number of carbonyl (C=O) groups is 1. The van der Waals surface area contributed by atoms with Gasteiger partial charge in [-0.3, -0.25) is 4.79 Å². The van der Waals surface area contributed by atoms with Crippen molar-refractivity contribution in [2.75, 3.05) is 17.6 Å². The average molecular weight is 310 g/mol. The number of nitrogen functional groups attached to an aromatic ring is 1. The van der Waals surface area contributed by atoms with Crippen LogP contribution in [0.15, 0.2) is 48.5 Å². The summed E-state index contributed by atoms with van der Waals surface area (Å²) in [6, 6.07) is 14.7. The standard InChI is InChI=1S/C18H22N4O/c1-12(20)16-11-14(7-8-17(16)21)22-18(23)15(9-10-19)13-5-3-2-4-6-13/h2-8,11,15,20H,9-10,19,21H2,1H3,(H,22,23). The van der Waals surface area contributed by atoms with E-state index in [0.717, 1.165) is 5.56 Å². The molecule has 0 radical (unpaired) electrons. The van der Waals surface area contributed by atoms with E-state index in [1.165, 1.54) is 0 Å². The van der Waals surface area contributed by atoms with Crippen LogP contribution in [0.25, 0.3) is 0 Å². The van der Waals surface area contributed by atoms with Crippen molar-refractivity contribution in [3.8, 4) is 0 Å². The molecule has 1 atom stereocenters. The van der Waals surface area contributed by atoms with Crippen molar-refractivity contribution in [2.45, 2.75) is 19.3 Å². The van der Waals surface area contributed by atoms with Crippen molar-refractivity contribution < 1.29 is 4.79 Å². The van der Waals surface area contributed by atoms with E-state index in [4.69, 9.17) is 16.9 Å². The zero-order valence-corrected chi connectivity index (χ0v) is 13.2. The largest absolute Gasteiger partial charge is 0.398 e. The summed E-state index contributed by atoms with van der Waals surface area (Å²) in [4.78, 5) is 12.6. The fraction of sp³-hybridized carbons (Fsp3) is 0.222. The van der Waals surface area contributed by atoms with Gasteiger partial charge < -0.3 is 22.2 Å². The Morgan fingerprint density at radius 2 is 1.91 bits per heavy atom. The van der Waals surface area contributed by atoms with Crippen molar-refractivity contribution in [1.82, 2.24) is 0 Å². The van der Waals surface area contributed by atoms with Crippen LogP contribution in [0.3, 0.4) is 0 Å². The first-order chi connectivity index (χ1) is 11.0. The summed E-state index contributed by atoms with van der Waals surface area (Å²) in [5.74, 6) is -0.414. The van der Waals surface area contributed by atoms with E-state index < -0.39 is 0 Å². The van der Waals surface area contributed by atoms with Crippen LogP contribution in [0, 0.1) is 5.41 Å². The Bertz CT molecular complexity index is 697. The molecule has 0 aromatic heterocycles. The van der Waals surface area contributed by atoms with E-state index in [1.54, 1.807) is 25.1 Å². The van der Waals surface area contributed by atoms with Crippen molar-refractivity contribution >= 4 is 23.0 Å². The fourth-order valence-electron chi connectivity index (χ4n) is 2.49. The van der Waals surface area contributed by atoms with Gasteiger partial charge in [0.25, 0.3) is 0 Å². The Hall–Kier alpha value is -2.66. The summed E-state index contributed by atoms with van der Waals surface area (Å²) in [7, 11) is 0. The zero-order chi connectivity index (χ0) is 16.8. The molecule has 0 saturated carbocycles. The predicted octanol–water partition coefficient (Wildman–Crippen LogP) is 2.73. The lowest BCUT2D eigenvalue weighted by Crippen LogP contribution is -2.23. The third kappa shape index (κ3) is 4.17. The normalized spacial score (nSPS) is 11.7. The molecule has 0 heterocycles. The molecule has 0 fully saturated rings. The smallest absolute Gasteiger partial charge is 0.231 e. The van der Waals surface area contributed by atoms with Crippen LogP contribution in [0.4, 0.5) is 11.4 Å². The van der Waals surface area contributed by atoms with Gasteiger partial charge in [0, 0.05) is 22.6 Å². The molecule has 0 aliphatic carbocycles. The lowest BCUT2D eigenvalue weighted by molar-refractivity contribution is -0.117. The van der Waals surface area contributed by atoms with E-state index in [1.807, 2.05) is 30.3 Å². The Kier molecular flexibility index (Phi) is 5.49. The first-order valence-electron chi connectivity index (χ1n) is 7.54. The maximum absolute atomic E-state index is 12.6. The van der Waals surface area contributed by atoms with Crippen LogP contribution < -0.4 is 16.8 Å². The van der Waals surface area contributed by atoms with Gasteiger partial charge in [0.1, 0.15) is 0 Å². The summed E-state index contributed by atoms with van der Waals surface area (Å²) in [5, 5.41) is 10.6. The Balaban J connectivity index is 2.22. The Morgan fingerprint density at radius 1 is 1.22 bits per heavy atom. The minimum atomic E-state index is -0.303. The van der Waals surface area contributed by atoms with Gasteiger partial charge in [-0.2, -0.15) is 0 Å². The number of carbonyl (C=O) groups excluding carboxylic acids is 1. The molecule has 0 saturated heterocycles. The first kappa shape index (κ1) is 16.7. The third-order valence-electron chi connectivity index (χ3n) is 3.70. The van der Waals surface area contributed by atoms with Gasteiger partial charge >= 0.3 is 0 Å². The molecule has 5 heteroatoms. The van der Waals surface area contributed by atoms with Crippen LogP contribution in [0.1, 0.15) is 30.4 Å². The van der Waals surface area contributed by atoms with E-state index >= 15 is 0 Å². The quantitative estimate of drug-likeness (QED) is 0.487. The maximum Gasteiger partial charge on any atom is 0.231 e. The molecule has 2 aromatic carbocycles. The minimum absolute atomic E-state index is 0.111. The molecular weight excluding hydrogens is 288 g/mol. The van der Waals surface area contributed by atoms with E-state index in [2.05, 4.69) is 5.32 Å². The summed E-state index contributed by atoms with van der Waals surface area (Å²) in [6.07, 6.45) is 0.571. The molecule has 6 N–H and O–H groups in total. The molecule has 120 valence electrons. The highest BCUT2D eigenvalue weighted by molar-refractivity contribution is 6.03. The van der Waals surface area contributed by atoms with Crippen molar-refractivity contribution in [3.63, 3.8) is 0 Å². The van der Waals surface area contributed by atoms with E-state index in [-0.39, 0.29) is 11.8 Å². The topological polar surface area (TPSA) is 105 Å². The van der Waals surface area contributed by atoms with E-state index in [0.29, 0.717) is 35.6 Å². The fourth-order valence-corrected chi connectivity index (χ4v) is 2.49. The molecule has 0 aliphatic rings. The molecule has 1 unspecified atom stereocenters. The number of anilines is 2. The van der Waals surface area contributed by atoms with Gasteiger partial charge in [-0.1, -0.05) is 30.3 Å². The first-order valence-corrected chi connectivity index (χ1v) is 7.54. The maximum atomic E-state index is 12.6. The highest BCUT2D eigenvalue weighted by Gasteiger charge is 2.20. The number of nitrogens with two attached hydrogens (primary N) is 2. The highest BCUT2D eigenvalue weighted by Crippen LogP contribution is 2.23. The molecule has 5 nitrogen and oxygen atoms in total. The highest BCUT2D eigenvalue weighted by atomic mass is 16.1. The summed E-state index contributed by atoms with van der Waals surface area (Å²) in [6.45, 7) is 2.10. The van der Waals surface area contributed by atoms with Crippen LogP contribution in [-0.2, 0) is 4.79 Å². The van der Waals surface area contributed by atoms with Crippen molar-refractivity contribution in [3.05, 3.63) is 59.7 Å². The number of benzene rings is 2. The number of nitrogens with one attached hydrogen (secondary N) is 2. The SMILES string of the molecule is CC(=N)c1cc(NC(=O)C(CCN)c2ccccc2)ccc1N. The zero-order valence-electron chi connectivity index (χ0n) is 13.2. The number of amides is 1. The van der Waals surface area contributed by atoms with Gasteiger partial charge in [-0.05, 0) is 43.7 Å². The molecular formula is C18H22N4O. The predicted molar refractivity (Wildman–Crippen MR) is 94.8 cm³/mol. The Labute approximate surface area is 136 Å². The van der Waals surface area contributed by atoms with Crippen LogP contribution in [-0.4, -0.2) is 18.2 Å². The summed E-state index contributed by atoms with van der Waals surface area (Å²) < 4.78 is 0. The van der Waals surface area contributed by atoms with Gasteiger partial charge in [0.15, 0.2) is 0 Å². The number of hydrogen-bond donors (Lipinski definition) is 4. The lowest BCUT2D eigenvalue weighted by atomic mass is 9.94. The average Bonchev–Trinajstić information content (AvgIpc) is 2.54. The third-order valence-corrected chi connectivity index (χ3v) is 3.70. The van der Waals surface area contributed by atoms with Crippen molar-refractivity contribution in [2.24, 2.45) is 5.73 Å². The van der Waals surface area contributed by atoms with Gasteiger partial charge in [-0.25, -0.2) is 0 Å². The minimum Gasteiger partial charge on any atom is -0.398 e.